The number of hydrogen-bond donors (Lipinski definition) is 1. The Balaban J connectivity index is 1.81. The second kappa shape index (κ2) is 4.11. The average Bonchev–Trinajstić information content (AvgIpc) is 3.12. The molecule has 1 amide bonds. The van der Waals surface area contributed by atoms with Gasteiger partial charge >= 0.3 is 0 Å². The first kappa shape index (κ1) is 10.7. The summed E-state index contributed by atoms with van der Waals surface area (Å²) in [6, 6.07) is 4.82. The van der Waals surface area contributed by atoms with Crippen LogP contribution in [-0.2, 0) is 16.0 Å². The van der Waals surface area contributed by atoms with Crippen LogP contribution in [0.25, 0.3) is 0 Å². The summed E-state index contributed by atoms with van der Waals surface area (Å²) in [4.78, 5) is 11.6. The topological polar surface area (TPSA) is 41.6 Å². The van der Waals surface area contributed by atoms with Crippen molar-refractivity contribution in [2.45, 2.75) is 31.4 Å². The van der Waals surface area contributed by atoms with Gasteiger partial charge in [-0.15, -0.1) is 0 Å². The lowest BCUT2D eigenvalue weighted by Crippen LogP contribution is -2.34. The van der Waals surface area contributed by atoms with Gasteiger partial charge in [0.15, 0.2) is 6.10 Å². The Hall–Kier alpha value is -1.42. The van der Waals surface area contributed by atoms with Crippen molar-refractivity contribution in [3.63, 3.8) is 0 Å². The number of halogens is 1. The van der Waals surface area contributed by atoms with Gasteiger partial charge in [-0.1, -0.05) is 6.07 Å². The summed E-state index contributed by atoms with van der Waals surface area (Å²) < 4.78 is 18.1. The lowest BCUT2D eigenvalue weighted by Gasteiger charge is -2.26. The minimum atomic E-state index is -0.263. The summed E-state index contributed by atoms with van der Waals surface area (Å²) in [5.74, 6) is -0.256. The summed E-state index contributed by atoms with van der Waals surface area (Å²) in [6.07, 6.45) is 2.52. The molecule has 1 aromatic carbocycles. The molecule has 0 aromatic heterocycles. The van der Waals surface area contributed by atoms with E-state index in [1.165, 1.54) is 6.07 Å². The number of ether oxygens (including phenoxy) is 1. The minimum Gasteiger partial charge on any atom is -0.363 e. The van der Waals surface area contributed by atoms with Crippen molar-refractivity contribution in [1.29, 1.82) is 0 Å². The monoisotopic (exact) mass is 235 g/mol. The van der Waals surface area contributed by atoms with Crippen molar-refractivity contribution >= 4 is 5.91 Å². The highest BCUT2D eigenvalue weighted by atomic mass is 19.1. The third-order valence-corrected chi connectivity index (χ3v) is 3.36. The molecule has 3 nitrogen and oxygen atoms in total. The number of rotatable bonds is 2. The molecule has 1 aromatic rings. The van der Waals surface area contributed by atoms with Crippen LogP contribution in [0.5, 0.6) is 0 Å². The molecule has 4 heteroatoms. The van der Waals surface area contributed by atoms with Gasteiger partial charge in [-0.3, -0.25) is 4.79 Å². The molecule has 1 fully saturated rings. The normalized spacial score (nSPS) is 26.2. The average molecular weight is 235 g/mol. The van der Waals surface area contributed by atoms with E-state index < -0.39 is 0 Å². The van der Waals surface area contributed by atoms with E-state index in [4.69, 9.17) is 4.74 Å². The van der Waals surface area contributed by atoms with Crippen LogP contribution < -0.4 is 5.32 Å². The van der Waals surface area contributed by atoms with Crippen LogP contribution in [-0.4, -0.2) is 18.6 Å². The summed E-state index contributed by atoms with van der Waals surface area (Å²) in [5, 5.41) is 2.97. The van der Waals surface area contributed by atoms with Crippen LogP contribution in [0, 0.1) is 5.82 Å². The Bertz CT molecular complexity index is 457. The Labute approximate surface area is 99.0 Å². The van der Waals surface area contributed by atoms with E-state index in [2.05, 4.69) is 5.32 Å². The maximum Gasteiger partial charge on any atom is 0.252 e. The second-order valence-corrected chi connectivity index (χ2v) is 4.62. The van der Waals surface area contributed by atoms with E-state index >= 15 is 0 Å². The van der Waals surface area contributed by atoms with E-state index in [1.54, 1.807) is 12.1 Å². The smallest absolute Gasteiger partial charge is 0.252 e. The van der Waals surface area contributed by atoms with Crippen molar-refractivity contribution in [3.8, 4) is 0 Å². The van der Waals surface area contributed by atoms with E-state index in [1.807, 2.05) is 0 Å². The maximum atomic E-state index is 13.1. The van der Waals surface area contributed by atoms with E-state index in [0.29, 0.717) is 6.61 Å². The molecule has 2 aliphatic rings. The predicted octanol–water partition coefficient (Wildman–Crippen LogP) is 1.72. The first-order chi connectivity index (χ1) is 8.24. The zero-order chi connectivity index (χ0) is 11.8. The van der Waals surface area contributed by atoms with Gasteiger partial charge in [0, 0.05) is 0 Å². The molecule has 0 bridgehead atoms. The SMILES string of the molecule is O=C(NC1CCCc2cc(F)ccc21)C1CO1. The molecule has 1 heterocycles. The number of nitrogens with one attached hydrogen (secondary N) is 1. The first-order valence-corrected chi connectivity index (χ1v) is 5.94. The molecule has 2 atom stereocenters. The molecular weight excluding hydrogens is 221 g/mol. The lowest BCUT2D eigenvalue weighted by molar-refractivity contribution is -0.123. The van der Waals surface area contributed by atoms with Gasteiger partial charge in [-0.05, 0) is 42.5 Å². The molecule has 17 heavy (non-hydrogen) atoms. The fourth-order valence-corrected chi connectivity index (χ4v) is 2.40. The molecule has 0 radical (unpaired) electrons. The number of carbonyl (C=O) groups is 1. The van der Waals surface area contributed by atoms with Crippen LogP contribution in [0.1, 0.15) is 30.0 Å². The number of benzene rings is 1. The van der Waals surface area contributed by atoms with E-state index in [0.717, 1.165) is 30.4 Å². The molecule has 2 unspecified atom stereocenters. The van der Waals surface area contributed by atoms with E-state index in [9.17, 15) is 9.18 Å². The van der Waals surface area contributed by atoms with Crippen LogP contribution in [0.4, 0.5) is 4.39 Å². The molecule has 1 N–H and O–H groups in total. The Morgan fingerprint density at radius 3 is 3.06 bits per heavy atom. The van der Waals surface area contributed by atoms with Crippen molar-refractivity contribution in [3.05, 3.63) is 35.1 Å². The molecule has 0 saturated carbocycles. The molecule has 1 saturated heterocycles. The third kappa shape index (κ3) is 2.17. The standard InChI is InChI=1S/C13H14FNO2/c14-9-4-5-10-8(6-9)2-1-3-11(10)15-13(16)12-7-17-12/h4-6,11-12H,1-3,7H2,(H,15,16). The first-order valence-electron chi connectivity index (χ1n) is 5.94. The van der Waals surface area contributed by atoms with Gasteiger partial charge in [0.05, 0.1) is 12.6 Å². The quantitative estimate of drug-likeness (QED) is 0.793. The number of epoxide rings is 1. The molecular formula is C13H14FNO2. The highest BCUT2D eigenvalue weighted by Gasteiger charge is 2.33. The molecule has 3 rings (SSSR count). The van der Waals surface area contributed by atoms with Gasteiger partial charge in [0.25, 0.3) is 5.91 Å². The Kier molecular flexibility index (Phi) is 2.59. The van der Waals surface area contributed by atoms with Crippen molar-refractivity contribution in [2.75, 3.05) is 6.61 Å². The number of aryl methyl sites for hydroxylation is 1. The Morgan fingerprint density at radius 2 is 2.29 bits per heavy atom. The molecule has 1 aliphatic heterocycles. The van der Waals surface area contributed by atoms with Crippen LogP contribution in [0.15, 0.2) is 18.2 Å². The molecule has 1 aliphatic carbocycles. The van der Waals surface area contributed by atoms with Crippen LogP contribution in [0.3, 0.4) is 0 Å². The fourth-order valence-electron chi connectivity index (χ4n) is 2.40. The lowest BCUT2D eigenvalue weighted by atomic mass is 9.87. The summed E-state index contributed by atoms with van der Waals surface area (Å²) in [6.45, 7) is 0.523. The molecule has 0 spiro atoms. The third-order valence-electron chi connectivity index (χ3n) is 3.36. The van der Waals surface area contributed by atoms with Gasteiger partial charge < -0.3 is 10.1 Å². The zero-order valence-electron chi connectivity index (χ0n) is 9.41. The van der Waals surface area contributed by atoms with Crippen molar-refractivity contribution in [1.82, 2.24) is 5.32 Å². The predicted molar refractivity (Wildman–Crippen MR) is 60.0 cm³/mol. The highest BCUT2D eigenvalue weighted by molar-refractivity contribution is 5.83. The largest absolute Gasteiger partial charge is 0.363 e. The van der Waals surface area contributed by atoms with Crippen molar-refractivity contribution in [2.24, 2.45) is 0 Å². The van der Waals surface area contributed by atoms with Crippen LogP contribution in [0.2, 0.25) is 0 Å². The summed E-state index contributed by atoms with van der Waals surface area (Å²) in [5.41, 5.74) is 2.06. The molecule has 90 valence electrons. The van der Waals surface area contributed by atoms with Gasteiger partial charge in [-0.2, -0.15) is 0 Å². The van der Waals surface area contributed by atoms with Crippen LogP contribution >= 0.6 is 0 Å². The second-order valence-electron chi connectivity index (χ2n) is 4.62. The van der Waals surface area contributed by atoms with E-state index in [-0.39, 0.29) is 23.9 Å². The zero-order valence-corrected chi connectivity index (χ0v) is 9.41. The van der Waals surface area contributed by atoms with Gasteiger partial charge in [-0.25, -0.2) is 4.39 Å². The highest BCUT2D eigenvalue weighted by Crippen LogP contribution is 2.30. The van der Waals surface area contributed by atoms with Gasteiger partial charge in [0.2, 0.25) is 0 Å². The fraction of sp³-hybridized carbons (Fsp3) is 0.462. The van der Waals surface area contributed by atoms with Gasteiger partial charge in [0.1, 0.15) is 5.82 Å². The number of hydrogen-bond acceptors (Lipinski definition) is 2. The van der Waals surface area contributed by atoms with Crippen molar-refractivity contribution < 1.29 is 13.9 Å². The number of amides is 1. The Morgan fingerprint density at radius 1 is 1.47 bits per heavy atom. The minimum absolute atomic E-state index is 0.0102. The number of fused-ring (bicyclic) bond motifs is 1. The number of carbonyl (C=O) groups excluding carboxylic acids is 1. The summed E-state index contributed by atoms with van der Waals surface area (Å²) in [7, 11) is 0. The summed E-state index contributed by atoms with van der Waals surface area (Å²) >= 11 is 0. The maximum absolute atomic E-state index is 13.1.